The third-order valence-corrected chi connectivity index (χ3v) is 14.2. The number of primary amides is 1. The number of nitrogens with two attached hydrogens (primary N) is 1. The summed E-state index contributed by atoms with van der Waals surface area (Å²) in [6, 6.07) is -0.0203. The van der Waals surface area contributed by atoms with Gasteiger partial charge in [0.15, 0.2) is 5.82 Å². The monoisotopic (exact) mass is 969 g/mol. The number of H-pyrrole nitrogens is 1. The lowest BCUT2D eigenvalue weighted by Gasteiger charge is -2.26. The maximum absolute atomic E-state index is 12.3. The first-order valence-electron chi connectivity index (χ1n) is 24.1. The number of nitrogens with zero attached hydrogens (tertiary/aromatic N) is 8. The summed E-state index contributed by atoms with van der Waals surface area (Å²) in [6.07, 6.45) is 7.88. The molecule has 0 saturated carbocycles. The second-order valence-electron chi connectivity index (χ2n) is 20.5. The number of nitrogens with one attached hydrogen (secondary N) is 1. The zero-order valence-electron chi connectivity index (χ0n) is 42.8. The van der Waals surface area contributed by atoms with Gasteiger partial charge in [0.25, 0.3) is 23.6 Å². The zero-order chi connectivity index (χ0) is 52.8. The number of carboxylic acids is 1. The van der Waals surface area contributed by atoms with Gasteiger partial charge in [-0.15, -0.1) is 10.2 Å². The van der Waals surface area contributed by atoms with Crippen LogP contribution in [0.25, 0.3) is 0 Å². The minimum Gasteiger partial charge on any atom is -0.480 e. The molecule has 384 valence electrons. The van der Waals surface area contributed by atoms with Gasteiger partial charge in [-0.2, -0.15) is 10.5 Å². The van der Waals surface area contributed by atoms with Crippen LogP contribution in [0.2, 0.25) is 0 Å². The Bertz CT molecular complexity index is 2020. The third-order valence-electron chi connectivity index (χ3n) is 14.2. The van der Waals surface area contributed by atoms with E-state index in [4.69, 9.17) is 16.1 Å². The Morgan fingerprint density at radius 3 is 1.30 bits per heavy atom. The maximum Gasteiger partial charge on any atom is 0.326 e. The molecule has 1 aromatic heterocycles. The number of aromatic nitrogens is 4. The molecule has 0 bridgehead atoms. The van der Waals surface area contributed by atoms with Gasteiger partial charge in [-0.3, -0.25) is 43.2 Å². The summed E-state index contributed by atoms with van der Waals surface area (Å²) in [7, 11) is 0. The van der Waals surface area contributed by atoms with Crippen molar-refractivity contribution in [1.82, 2.24) is 40.2 Å². The summed E-state index contributed by atoms with van der Waals surface area (Å²) in [5, 5.41) is 31.6. The standard InChI is InChI=1S/C12H19N5O2.C12H20N2O3.C12H18N2O2.C12H19NO4/c1-4-12(2,3)9(18)11(19)17-7-5-6-8(17)10-13-15-16-14-10;1-4-12(2,3)9(15)11(17)14-7-5-6-8(14)10(13)16;1-4-12(2,3)10(15)11(16)14-7-5-6-9(14)8-13;1-4-12(2,3)9(14)10(15)13-7-5-6-8(13)11(16)17/h8H,4-7H2,1-3H3,(H,13,14,15,16);8H,4-7H2,1-3H3,(H2,13,16);9H,4-7H2,1-3H3;8H,4-7H2,1-3H3,(H,16,17)/t2*8-;9-;8-/m0000/s1. The summed E-state index contributed by atoms with van der Waals surface area (Å²) < 4.78 is 0. The largest absolute Gasteiger partial charge is 0.480 e. The van der Waals surface area contributed by atoms with Gasteiger partial charge in [-0.25, -0.2) is 4.79 Å². The smallest absolute Gasteiger partial charge is 0.326 e. The number of carboxylic acid groups (broad SMARTS) is 1. The minimum atomic E-state index is -1.03. The molecule has 0 aliphatic carbocycles. The van der Waals surface area contributed by atoms with Crippen molar-refractivity contribution >= 4 is 58.6 Å². The van der Waals surface area contributed by atoms with Gasteiger partial charge in [0.1, 0.15) is 18.1 Å². The second-order valence-corrected chi connectivity index (χ2v) is 20.5. The molecule has 21 nitrogen and oxygen atoms in total. The van der Waals surface area contributed by atoms with E-state index in [0.29, 0.717) is 83.4 Å². The van der Waals surface area contributed by atoms with Crippen molar-refractivity contribution < 1.29 is 53.1 Å². The van der Waals surface area contributed by atoms with Crippen LogP contribution >= 0.6 is 0 Å². The molecule has 5 heterocycles. The number of hydrogen-bond donors (Lipinski definition) is 3. The number of aromatic amines is 1. The van der Waals surface area contributed by atoms with E-state index in [1.807, 2.05) is 27.7 Å². The predicted molar refractivity (Wildman–Crippen MR) is 251 cm³/mol. The van der Waals surface area contributed by atoms with Crippen molar-refractivity contribution in [2.45, 2.75) is 184 Å². The Morgan fingerprint density at radius 2 is 0.928 bits per heavy atom. The molecular weight excluding hydrogens is 893 g/mol. The van der Waals surface area contributed by atoms with Crippen LogP contribution < -0.4 is 5.73 Å². The Hall–Kier alpha value is -5.94. The van der Waals surface area contributed by atoms with Crippen molar-refractivity contribution in [2.24, 2.45) is 27.4 Å². The molecule has 21 heteroatoms. The van der Waals surface area contributed by atoms with Gasteiger partial charge in [0, 0.05) is 47.8 Å². The van der Waals surface area contributed by atoms with E-state index in [1.54, 1.807) is 60.3 Å². The summed E-state index contributed by atoms with van der Waals surface area (Å²) in [6.45, 7) is 23.4. The molecule has 5 amide bonds. The van der Waals surface area contributed by atoms with Crippen molar-refractivity contribution in [3.8, 4) is 6.07 Å². The summed E-state index contributed by atoms with van der Waals surface area (Å²) in [5.41, 5.74) is 2.58. The molecule has 1 aromatic rings. The number of carbonyl (C=O) groups is 10. The highest BCUT2D eigenvalue weighted by molar-refractivity contribution is 6.39. The van der Waals surface area contributed by atoms with Crippen LogP contribution in [0, 0.1) is 33.0 Å². The van der Waals surface area contributed by atoms with Gasteiger partial charge in [0.05, 0.1) is 12.1 Å². The Morgan fingerprint density at radius 1 is 0.580 bits per heavy atom. The number of nitriles is 1. The van der Waals surface area contributed by atoms with Crippen LogP contribution in [0.15, 0.2) is 0 Å². The quantitative estimate of drug-likeness (QED) is 0.210. The molecule has 4 aliphatic heterocycles. The number of Topliss-reactive ketones (excluding diaryl/α,β-unsaturated/α-hetero) is 4. The van der Waals surface area contributed by atoms with Gasteiger partial charge >= 0.3 is 5.97 Å². The first-order chi connectivity index (χ1) is 32.0. The number of ketones is 4. The molecule has 69 heavy (non-hydrogen) atoms. The average Bonchev–Trinajstić information content (AvgIpc) is 4.19. The van der Waals surface area contributed by atoms with Crippen LogP contribution in [0.5, 0.6) is 0 Å². The number of rotatable bonds is 15. The van der Waals surface area contributed by atoms with Gasteiger partial charge in [0.2, 0.25) is 29.0 Å². The summed E-state index contributed by atoms with van der Waals surface area (Å²) in [4.78, 5) is 124. The first kappa shape index (κ1) is 59.2. The topological polar surface area (TPSA) is 308 Å². The zero-order valence-corrected chi connectivity index (χ0v) is 42.8. The average molecular weight is 969 g/mol. The number of tetrazole rings is 1. The lowest BCUT2D eigenvalue weighted by Crippen LogP contribution is -2.49. The van der Waals surface area contributed by atoms with Gasteiger partial charge in [-0.05, 0) is 77.0 Å². The minimum absolute atomic E-state index is 0.233. The fourth-order valence-electron chi connectivity index (χ4n) is 7.63. The van der Waals surface area contributed by atoms with Crippen LogP contribution in [0.3, 0.4) is 0 Å². The molecule has 4 saturated heterocycles. The van der Waals surface area contributed by atoms with Crippen LogP contribution in [0.1, 0.15) is 172 Å². The molecule has 0 unspecified atom stereocenters. The number of likely N-dealkylation sites (tertiary alicyclic amines) is 4. The van der Waals surface area contributed by atoms with Crippen LogP contribution in [-0.4, -0.2) is 148 Å². The fraction of sp³-hybridized carbons (Fsp3) is 0.750. The number of hydrogen-bond acceptors (Lipinski definition) is 14. The van der Waals surface area contributed by atoms with E-state index < -0.39 is 86.9 Å². The molecule has 4 fully saturated rings. The number of aliphatic carboxylic acids is 1. The Balaban J connectivity index is 0.000000316. The predicted octanol–water partition coefficient (Wildman–Crippen LogP) is 3.91. The fourth-order valence-corrected chi connectivity index (χ4v) is 7.63. The Kier molecular flexibility index (Phi) is 21.5. The van der Waals surface area contributed by atoms with E-state index in [-0.39, 0.29) is 17.6 Å². The van der Waals surface area contributed by atoms with Gasteiger partial charge < -0.3 is 30.4 Å². The molecular formula is C48H76N10O11. The number of amides is 5. The molecule has 0 radical (unpaired) electrons. The van der Waals surface area contributed by atoms with Crippen molar-refractivity contribution in [2.75, 3.05) is 26.2 Å². The molecule has 4 atom stereocenters. The highest BCUT2D eigenvalue weighted by Crippen LogP contribution is 2.32. The van der Waals surface area contributed by atoms with E-state index in [0.717, 1.165) is 25.7 Å². The molecule has 0 spiro atoms. The van der Waals surface area contributed by atoms with Crippen LogP contribution in [-0.2, 0) is 47.9 Å². The molecule has 5 rings (SSSR count). The summed E-state index contributed by atoms with van der Waals surface area (Å²) >= 11 is 0. The van der Waals surface area contributed by atoms with E-state index in [9.17, 15) is 47.9 Å². The molecule has 4 N–H and O–H groups in total. The van der Waals surface area contributed by atoms with Gasteiger partial charge in [-0.1, -0.05) is 88.3 Å². The van der Waals surface area contributed by atoms with E-state index >= 15 is 0 Å². The van der Waals surface area contributed by atoms with Crippen molar-refractivity contribution in [3.05, 3.63) is 5.82 Å². The highest BCUT2D eigenvalue weighted by atomic mass is 16.4. The maximum atomic E-state index is 12.3. The van der Waals surface area contributed by atoms with Crippen LogP contribution in [0.4, 0.5) is 0 Å². The van der Waals surface area contributed by atoms with E-state index in [1.165, 1.54) is 14.7 Å². The molecule has 0 aromatic carbocycles. The SMILES string of the molecule is CCC(C)(C)C(=O)C(=O)N1CCC[C@H]1C#N.CCC(C)(C)C(=O)C(=O)N1CCC[C@H]1C(=O)O.CCC(C)(C)C(=O)C(=O)N1CCC[C@H]1C(N)=O.CCC(C)(C)C(=O)C(=O)N1CCC[C@H]1c1nn[nH]n1. The van der Waals surface area contributed by atoms with Crippen molar-refractivity contribution in [1.29, 1.82) is 5.26 Å². The third kappa shape index (κ3) is 14.8. The summed E-state index contributed by atoms with van der Waals surface area (Å²) in [5.74, 6) is -4.87. The Labute approximate surface area is 406 Å². The van der Waals surface area contributed by atoms with Crippen molar-refractivity contribution in [3.63, 3.8) is 0 Å². The molecule has 4 aliphatic rings. The first-order valence-corrected chi connectivity index (χ1v) is 24.1. The highest BCUT2D eigenvalue weighted by Gasteiger charge is 2.44. The lowest BCUT2D eigenvalue weighted by molar-refractivity contribution is -0.154. The number of carbonyl (C=O) groups excluding carboxylic acids is 9. The van der Waals surface area contributed by atoms with E-state index in [2.05, 4.69) is 26.7 Å². The lowest BCUT2D eigenvalue weighted by atomic mass is 9.84. The second kappa shape index (κ2) is 25.1. The normalized spacial score (nSPS) is 20.3.